The highest BCUT2D eigenvalue weighted by molar-refractivity contribution is 6.62. The standard InChI is InChI=1S/C30H27BO3/c1-29(2)30(3,4)34-31(33-29)23-16-17-25-27(19-23)32-26-15-9-14-24(28(25)26)22-13-8-12-21(18-22)20-10-6-5-7-11-20/h5-19H,1-4H3. The largest absolute Gasteiger partial charge is 0.494 e. The summed E-state index contributed by atoms with van der Waals surface area (Å²) in [4.78, 5) is 0. The number of furan rings is 1. The van der Waals surface area contributed by atoms with E-state index in [1.54, 1.807) is 0 Å². The van der Waals surface area contributed by atoms with E-state index in [-0.39, 0.29) is 11.2 Å². The molecule has 0 saturated carbocycles. The van der Waals surface area contributed by atoms with Crippen LogP contribution in [0, 0.1) is 0 Å². The van der Waals surface area contributed by atoms with Crippen LogP contribution in [0.1, 0.15) is 27.7 Å². The summed E-state index contributed by atoms with van der Waals surface area (Å²) < 4.78 is 18.8. The van der Waals surface area contributed by atoms with E-state index in [1.807, 2.05) is 12.1 Å². The normalized spacial score (nSPS) is 17.0. The van der Waals surface area contributed by atoms with Gasteiger partial charge >= 0.3 is 7.12 Å². The van der Waals surface area contributed by atoms with Crippen LogP contribution >= 0.6 is 0 Å². The molecule has 0 N–H and O–H groups in total. The summed E-state index contributed by atoms with van der Waals surface area (Å²) in [5, 5.41) is 2.22. The second-order valence-corrected chi connectivity index (χ2v) is 10.1. The quantitative estimate of drug-likeness (QED) is 0.274. The lowest BCUT2D eigenvalue weighted by atomic mass is 9.79. The first-order chi connectivity index (χ1) is 16.3. The highest BCUT2D eigenvalue weighted by Crippen LogP contribution is 2.39. The van der Waals surface area contributed by atoms with Crippen LogP contribution in [0.2, 0.25) is 0 Å². The first-order valence-electron chi connectivity index (χ1n) is 11.8. The van der Waals surface area contributed by atoms with E-state index >= 15 is 0 Å². The fourth-order valence-corrected chi connectivity index (χ4v) is 4.71. The van der Waals surface area contributed by atoms with Crippen molar-refractivity contribution in [2.75, 3.05) is 0 Å². The second-order valence-electron chi connectivity index (χ2n) is 10.1. The van der Waals surface area contributed by atoms with Crippen molar-refractivity contribution < 1.29 is 13.7 Å². The molecule has 1 aliphatic rings. The minimum atomic E-state index is -0.412. The Morgan fingerprint density at radius 2 is 1.26 bits per heavy atom. The number of fused-ring (bicyclic) bond motifs is 3. The molecule has 4 heteroatoms. The molecular formula is C30H27BO3. The first kappa shape index (κ1) is 21.2. The van der Waals surface area contributed by atoms with E-state index in [2.05, 4.69) is 107 Å². The van der Waals surface area contributed by atoms with Gasteiger partial charge in [0.1, 0.15) is 11.2 Å². The van der Waals surface area contributed by atoms with Gasteiger partial charge in [-0.05, 0) is 73.6 Å². The van der Waals surface area contributed by atoms with Crippen LogP contribution in [0.5, 0.6) is 0 Å². The summed E-state index contributed by atoms with van der Waals surface area (Å²) in [5.74, 6) is 0. The van der Waals surface area contributed by atoms with Crippen molar-refractivity contribution in [3.8, 4) is 22.3 Å². The molecule has 1 aliphatic heterocycles. The van der Waals surface area contributed by atoms with Crippen molar-refractivity contribution >= 4 is 34.5 Å². The van der Waals surface area contributed by atoms with Crippen LogP contribution < -0.4 is 5.46 Å². The van der Waals surface area contributed by atoms with Gasteiger partial charge in [0.05, 0.1) is 11.2 Å². The number of benzene rings is 4. The van der Waals surface area contributed by atoms with Gasteiger partial charge < -0.3 is 13.7 Å². The van der Waals surface area contributed by atoms with Crippen molar-refractivity contribution in [2.45, 2.75) is 38.9 Å². The minimum Gasteiger partial charge on any atom is -0.456 e. The van der Waals surface area contributed by atoms with Crippen LogP contribution in [0.4, 0.5) is 0 Å². The fourth-order valence-electron chi connectivity index (χ4n) is 4.71. The smallest absolute Gasteiger partial charge is 0.456 e. The van der Waals surface area contributed by atoms with Crippen molar-refractivity contribution in [1.29, 1.82) is 0 Å². The Morgan fingerprint density at radius 1 is 0.588 bits per heavy atom. The Hall–Kier alpha value is -3.34. The Labute approximate surface area is 200 Å². The number of hydrogen-bond donors (Lipinski definition) is 0. The molecule has 4 aromatic carbocycles. The third-order valence-corrected chi connectivity index (χ3v) is 7.33. The summed E-state index contributed by atoms with van der Waals surface area (Å²) in [6, 6.07) is 31.7. The summed E-state index contributed by atoms with van der Waals surface area (Å²) in [6.07, 6.45) is 0. The molecule has 0 amide bonds. The zero-order chi connectivity index (χ0) is 23.5. The topological polar surface area (TPSA) is 31.6 Å². The SMILES string of the molecule is CC1(C)OB(c2ccc3c(c2)oc2cccc(-c4cccc(-c5ccccc5)c4)c23)OC1(C)C. The van der Waals surface area contributed by atoms with Crippen LogP contribution in [-0.4, -0.2) is 18.3 Å². The first-order valence-corrected chi connectivity index (χ1v) is 11.8. The molecule has 0 atom stereocenters. The van der Waals surface area contributed by atoms with Gasteiger partial charge in [-0.1, -0.05) is 72.8 Å². The Morgan fingerprint density at radius 3 is 2.03 bits per heavy atom. The molecule has 0 spiro atoms. The van der Waals surface area contributed by atoms with Crippen LogP contribution in [-0.2, 0) is 9.31 Å². The van der Waals surface area contributed by atoms with Gasteiger partial charge in [-0.25, -0.2) is 0 Å². The molecule has 168 valence electrons. The monoisotopic (exact) mass is 446 g/mol. The highest BCUT2D eigenvalue weighted by Gasteiger charge is 2.51. The van der Waals surface area contributed by atoms with Gasteiger partial charge in [-0.15, -0.1) is 0 Å². The molecule has 34 heavy (non-hydrogen) atoms. The van der Waals surface area contributed by atoms with Crippen molar-refractivity contribution in [3.05, 3.63) is 91.0 Å². The van der Waals surface area contributed by atoms with E-state index in [0.717, 1.165) is 33.0 Å². The second kappa shape index (κ2) is 7.59. The van der Waals surface area contributed by atoms with Gasteiger partial charge in [0, 0.05) is 10.8 Å². The average molecular weight is 446 g/mol. The number of rotatable bonds is 3. The summed E-state index contributed by atoms with van der Waals surface area (Å²) in [6.45, 7) is 8.29. The maximum absolute atomic E-state index is 6.32. The Kier molecular flexibility index (Phi) is 4.74. The molecule has 0 unspecified atom stereocenters. The third kappa shape index (κ3) is 3.37. The highest BCUT2D eigenvalue weighted by atomic mass is 16.7. The van der Waals surface area contributed by atoms with E-state index in [1.165, 1.54) is 16.7 Å². The summed E-state index contributed by atoms with van der Waals surface area (Å²) in [7, 11) is -0.412. The lowest BCUT2D eigenvalue weighted by Gasteiger charge is -2.32. The molecule has 1 saturated heterocycles. The summed E-state index contributed by atoms with van der Waals surface area (Å²) in [5.41, 5.74) is 6.68. The molecule has 2 heterocycles. The third-order valence-electron chi connectivity index (χ3n) is 7.33. The number of hydrogen-bond acceptors (Lipinski definition) is 3. The molecule has 3 nitrogen and oxygen atoms in total. The maximum atomic E-state index is 6.32. The van der Waals surface area contributed by atoms with Crippen LogP contribution in [0.25, 0.3) is 44.2 Å². The predicted octanol–water partition coefficient (Wildman–Crippen LogP) is 7.22. The molecule has 1 fully saturated rings. The molecule has 6 rings (SSSR count). The molecule has 0 radical (unpaired) electrons. The van der Waals surface area contributed by atoms with E-state index in [4.69, 9.17) is 13.7 Å². The predicted molar refractivity (Wildman–Crippen MR) is 140 cm³/mol. The summed E-state index contributed by atoms with van der Waals surface area (Å²) >= 11 is 0. The lowest BCUT2D eigenvalue weighted by molar-refractivity contribution is 0.00578. The Balaban J connectivity index is 1.45. The van der Waals surface area contributed by atoms with Crippen molar-refractivity contribution in [1.82, 2.24) is 0 Å². The molecule has 1 aromatic heterocycles. The molecule has 0 aliphatic carbocycles. The maximum Gasteiger partial charge on any atom is 0.494 e. The minimum absolute atomic E-state index is 0.378. The molecule has 5 aromatic rings. The van der Waals surface area contributed by atoms with Gasteiger partial charge in [0.15, 0.2) is 0 Å². The molecule has 0 bridgehead atoms. The van der Waals surface area contributed by atoms with Crippen molar-refractivity contribution in [2.24, 2.45) is 0 Å². The van der Waals surface area contributed by atoms with Gasteiger partial charge in [-0.2, -0.15) is 0 Å². The van der Waals surface area contributed by atoms with Gasteiger partial charge in [0.25, 0.3) is 0 Å². The van der Waals surface area contributed by atoms with Crippen LogP contribution in [0.3, 0.4) is 0 Å². The van der Waals surface area contributed by atoms with Gasteiger partial charge in [-0.3, -0.25) is 0 Å². The van der Waals surface area contributed by atoms with Crippen LogP contribution in [0.15, 0.2) is 95.4 Å². The van der Waals surface area contributed by atoms with E-state index in [0.29, 0.717) is 0 Å². The zero-order valence-electron chi connectivity index (χ0n) is 20.0. The van der Waals surface area contributed by atoms with E-state index in [9.17, 15) is 0 Å². The van der Waals surface area contributed by atoms with E-state index < -0.39 is 7.12 Å². The fraction of sp³-hybridized carbons (Fsp3) is 0.200. The Bertz CT molecular complexity index is 1500. The van der Waals surface area contributed by atoms with Crippen molar-refractivity contribution in [3.63, 3.8) is 0 Å². The molecular weight excluding hydrogens is 419 g/mol. The average Bonchev–Trinajstić information content (AvgIpc) is 3.32. The zero-order valence-corrected chi connectivity index (χ0v) is 20.0. The van der Waals surface area contributed by atoms with Gasteiger partial charge in [0.2, 0.25) is 0 Å². The lowest BCUT2D eigenvalue weighted by Crippen LogP contribution is -2.41.